The first-order chi connectivity index (χ1) is 19.5. The zero-order valence-electron chi connectivity index (χ0n) is 23.0. The highest BCUT2D eigenvalue weighted by atomic mass is 16.2. The van der Waals surface area contributed by atoms with Gasteiger partial charge in [-0.2, -0.15) is 0 Å². The summed E-state index contributed by atoms with van der Waals surface area (Å²) in [7, 11) is 0. The molecule has 5 aromatic rings. The Morgan fingerprint density at radius 1 is 0.925 bits per heavy atom. The molecule has 2 aromatic heterocycles. The summed E-state index contributed by atoms with van der Waals surface area (Å²) in [5.41, 5.74) is 4.30. The van der Waals surface area contributed by atoms with Crippen LogP contribution < -0.4 is 10.5 Å². The Morgan fingerprint density at radius 2 is 1.73 bits per heavy atom. The number of rotatable bonds is 7. The average Bonchev–Trinajstić information content (AvgIpc) is 3.40. The Hall–Kier alpha value is -4.46. The zero-order chi connectivity index (χ0) is 27.6. The van der Waals surface area contributed by atoms with E-state index in [9.17, 15) is 9.59 Å². The van der Waals surface area contributed by atoms with Gasteiger partial charge in [0.1, 0.15) is 5.82 Å². The number of para-hydroxylation sites is 1. The van der Waals surface area contributed by atoms with E-state index in [1.807, 2.05) is 51.8 Å². The van der Waals surface area contributed by atoms with Gasteiger partial charge >= 0.3 is 0 Å². The third-order valence-corrected chi connectivity index (χ3v) is 7.92. The third-order valence-electron chi connectivity index (χ3n) is 7.92. The van der Waals surface area contributed by atoms with Gasteiger partial charge in [-0.1, -0.05) is 54.6 Å². The summed E-state index contributed by atoms with van der Waals surface area (Å²) >= 11 is 0. The Bertz CT molecular complexity index is 1720. The zero-order valence-corrected chi connectivity index (χ0v) is 23.0. The molecule has 0 aliphatic carbocycles. The first kappa shape index (κ1) is 25.8. The molecule has 0 spiro atoms. The molecule has 0 unspecified atom stereocenters. The number of carbonyl (C=O) groups is 1. The van der Waals surface area contributed by atoms with E-state index in [-0.39, 0.29) is 17.5 Å². The first-order valence-electron chi connectivity index (χ1n) is 14.0. The van der Waals surface area contributed by atoms with Crippen molar-refractivity contribution in [2.24, 2.45) is 0 Å². The summed E-state index contributed by atoms with van der Waals surface area (Å²) in [6.07, 6.45) is 1.50. The topological polar surface area (TPSA) is 75.7 Å². The van der Waals surface area contributed by atoms with Crippen molar-refractivity contribution < 1.29 is 4.79 Å². The van der Waals surface area contributed by atoms with Crippen molar-refractivity contribution >= 4 is 28.3 Å². The Labute approximate surface area is 233 Å². The molecule has 1 amide bonds. The van der Waals surface area contributed by atoms with Crippen LogP contribution in [-0.4, -0.2) is 55.6 Å². The molecule has 1 atom stereocenters. The number of hydrogen-bond acceptors (Lipinski definition) is 5. The van der Waals surface area contributed by atoms with Crippen LogP contribution in [0.15, 0.2) is 83.7 Å². The van der Waals surface area contributed by atoms with Crippen LogP contribution >= 0.6 is 0 Å². The number of anilines is 1. The van der Waals surface area contributed by atoms with Crippen LogP contribution in [0.5, 0.6) is 0 Å². The van der Waals surface area contributed by atoms with Gasteiger partial charge in [-0.25, -0.2) is 0 Å². The summed E-state index contributed by atoms with van der Waals surface area (Å²) in [5, 5.41) is 9.53. The van der Waals surface area contributed by atoms with Crippen molar-refractivity contribution in [3.63, 3.8) is 0 Å². The Kier molecular flexibility index (Phi) is 7.07. The highest BCUT2D eigenvalue weighted by Crippen LogP contribution is 2.22. The molecule has 8 nitrogen and oxygen atoms in total. The summed E-state index contributed by atoms with van der Waals surface area (Å²) in [6, 6.07) is 26.4. The van der Waals surface area contributed by atoms with Crippen LogP contribution in [0, 0.1) is 6.92 Å². The number of piperazine rings is 1. The predicted octanol–water partition coefficient (Wildman–Crippen LogP) is 4.27. The van der Waals surface area contributed by atoms with Gasteiger partial charge in [-0.05, 0) is 55.7 Å². The standard InChI is InChI=1S/C32H34N6O2/c1-23-9-8-12-26(21-23)36-20-19-35(22-24(36)2)30(39)16-15-29-33-34-32-37(18-17-25-10-4-3-5-11-25)31(40)27-13-6-7-14-28(27)38(29)32/h3-14,21,24H,15-20,22H2,1-2H3/t24-/m1/s1. The fourth-order valence-electron chi connectivity index (χ4n) is 5.81. The normalized spacial score (nSPS) is 15.7. The monoisotopic (exact) mass is 534 g/mol. The minimum atomic E-state index is -0.0745. The van der Waals surface area contributed by atoms with E-state index < -0.39 is 0 Å². The molecule has 1 saturated heterocycles. The maximum absolute atomic E-state index is 13.4. The quantitative estimate of drug-likeness (QED) is 0.312. The number of hydrogen-bond donors (Lipinski definition) is 0. The van der Waals surface area contributed by atoms with E-state index in [4.69, 9.17) is 0 Å². The number of nitrogens with zero attached hydrogens (tertiary/aromatic N) is 6. The maximum Gasteiger partial charge on any atom is 0.262 e. The minimum Gasteiger partial charge on any atom is -0.365 e. The number of aryl methyl sites for hydroxylation is 4. The predicted molar refractivity (Wildman–Crippen MR) is 158 cm³/mol. The molecule has 204 valence electrons. The lowest BCUT2D eigenvalue weighted by molar-refractivity contribution is -0.131. The van der Waals surface area contributed by atoms with Crippen molar-refractivity contribution in [2.45, 2.75) is 45.7 Å². The number of aromatic nitrogens is 4. The highest BCUT2D eigenvalue weighted by molar-refractivity contribution is 5.80. The molecule has 40 heavy (non-hydrogen) atoms. The van der Waals surface area contributed by atoms with E-state index in [1.54, 1.807) is 4.57 Å². The molecule has 6 rings (SSSR count). The molecular formula is C32H34N6O2. The molecule has 1 aliphatic heterocycles. The van der Waals surface area contributed by atoms with E-state index in [1.165, 1.54) is 11.3 Å². The number of fused-ring (bicyclic) bond motifs is 3. The minimum absolute atomic E-state index is 0.0745. The molecule has 0 N–H and O–H groups in total. The summed E-state index contributed by atoms with van der Waals surface area (Å²) < 4.78 is 3.66. The smallest absolute Gasteiger partial charge is 0.262 e. The van der Waals surface area contributed by atoms with E-state index in [2.05, 4.69) is 65.3 Å². The molecule has 8 heteroatoms. The van der Waals surface area contributed by atoms with Gasteiger partial charge in [0.2, 0.25) is 11.7 Å². The van der Waals surface area contributed by atoms with E-state index in [0.717, 1.165) is 17.6 Å². The van der Waals surface area contributed by atoms with Gasteiger partial charge in [0.25, 0.3) is 5.56 Å². The van der Waals surface area contributed by atoms with Crippen molar-refractivity contribution in [2.75, 3.05) is 24.5 Å². The van der Waals surface area contributed by atoms with Gasteiger partial charge in [0.15, 0.2) is 0 Å². The average molecular weight is 535 g/mol. The van der Waals surface area contributed by atoms with Gasteiger partial charge < -0.3 is 9.80 Å². The second kappa shape index (κ2) is 11.0. The van der Waals surface area contributed by atoms with Crippen LogP contribution in [0.3, 0.4) is 0 Å². The number of carbonyl (C=O) groups excluding carboxylic acids is 1. The van der Waals surface area contributed by atoms with Crippen LogP contribution in [0.1, 0.15) is 30.3 Å². The molecule has 1 fully saturated rings. The molecule has 3 aromatic carbocycles. The molecule has 0 saturated carbocycles. The lowest BCUT2D eigenvalue weighted by Crippen LogP contribution is -2.53. The van der Waals surface area contributed by atoms with Crippen LogP contribution in [0.4, 0.5) is 5.69 Å². The Balaban J connectivity index is 1.21. The van der Waals surface area contributed by atoms with Crippen molar-refractivity contribution in [1.82, 2.24) is 24.1 Å². The molecule has 0 radical (unpaired) electrons. The van der Waals surface area contributed by atoms with Crippen LogP contribution in [0.2, 0.25) is 0 Å². The summed E-state index contributed by atoms with van der Waals surface area (Å²) in [6.45, 7) is 6.97. The fourth-order valence-corrected chi connectivity index (χ4v) is 5.81. The van der Waals surface area contributed by atoms with Crippen molar-refractivity contribution in [3.8, 4) is 0 Å². The van der Waals surface area contributed by atoms with Gasteiger partial charge in [-0.3, -0.25) is 18.6 Å². The second-order valence-corrected chi connectivity index (χ2v) is 10.7. The lowest BCUT2D eigenvalue weighted by atomic mass is 10.1. The Morgan fingerprint density at radius 3 is 2.52 bits per heavy atom. The van der Waals surface area contributed by atoms with E-state index in [0.29, 0.717) is 55.9 Å². The van der Waals surface area contributed by atoms with Crippen molar-refractivity contribution in [3.05, 3.63) is 106 Å². The second-order valence-electron chi connectivity index (χ2n) is 10.7. The molecule has 3 heterocycles. The van der Waals surface area contributed by atoms with Crippen LogP contribution in [-0.2, 0) is 24.2 Å². The summed E-state index contributed by atoms with van der Waals surface area (Å²) in [4.78, 5) is 31.1. The third kappa shape index (κ3) is 4.97. The maximum atomic E-state index is 13.4. The number of benzene rings is 3. The van der Waals surface area contributed by atoms with Gasteiger partial charge in [0.05, 0.1) is 10.9 Å². The fraction of sp³-hybridized carbons (Fsp3) is 0.312. The molecule has 0 bridgehead atoms. The van der Waals surface area contributed by atoms with Crippen LogP contribution in [0.25, 0.3) is 16.7 Å². The lowest BCUT2D eigenvalue weighted by Gasteiger charge is -2.41. The van der Waals surface area contributed by atoms with E-state index >= 15 is 0 Å². The number of amides is 1. The molecule has 1 aliphatic rings. The van der Waals surface area contributed by atoms with Gasteiger partial charge in [0, 0.05) is 50.7 Å². The molecular weight excluding hydrogens is 500 g/mol. The van der Waals surface area contributed by atoms with Crippen molar-refractivity contribution in [1.29, 1.82) is 0 Å². The largest absolute Gasteiger partial charge is 0.365 e. The SMILES string of the molecule is Cc1cccc(N2CCN(C(=O)CCc3nnc4n(CCc5ccccc5)c(=O)c5ccccc5n34)C[C@H]2C)c1. The first-order valence-corrected chi connectivity index (χ1v) is 14.0. The van der Waals surface area contributed by atoms with Gasteiger partial charge in [-0.15, -0.1) is 10.2 Å². The summed E-state index contributed by atoms with van der Waals surface area (Å²) in [5.74, 6) is 1.33. The highest BCUT2D eigenvalue weighted by Gasteiger charge is 2.27.